The van der Waals surface area contributed by atoms with Crippen molar-refractivity contribution in [3.63, 3.8) is 0 Å². The Hall–Kier alpha value is -3.30. The van der Waals surface area contributed by atoms with Gasteiger partial charge in [0.2, 0.25) is 5.91 Å². The molecule has 2 heterocycles. The van der Waals surface area contributed by atoms with Gasteiger partial charge in [0, 0.05) is 22.7 Å². The molecule has 1 N–H and O–H groups in total. The summed E-state index contributed by atoms with van der Waals surface area (Å²) in [5, 5.41) is 3.33. The van der Waals surface area contributed by atoms with Crippen LogP contribution in [0, 0.1) is 5.82 Å². The lowest BCUT2D eigenvalue weighted by molar-refractivity contribution is -0.126. The minimum Gasteiger partial charge on any atom is -0.423 e. The molecular formula is C21H13FN2O4S2. The number of carbonyl (C=O) groups is 2. The third kappa shape index (κ3) is 4.17. The van der Waals surface area contributed by atoms with Crippen molar-refractivity contribution < 1.29 is 18.4 Å². The number of halogens is 1. The molecule has 1 saturated heterocycles. The maximum atomic E-state index is 13.9. The lowest BCUT2D eigenvalue weighted by Crippen LogP contribution is -2.36. The summed E-state index contributed by atoms with van der Waals surface area (Å²) >= 11 is 6.23. The summed E-state index contributed by atoms with van der Waals surface area (Å²) in [4.78, 5) is 37.7. The zero-order valence-electron chi connectivity index (χ0n) is 15.3. The predicted octanol–water partition coefficient (Wildman–Crippen LogP) is 3.77. The van der Waals surface area contributed by atoms with Crippen LogP contribution in [-0.4, -0.2) is 27.6 Å². The molecule has 1 aliphatic heterocycles. The number of hydrogen-bond acceptors (Lipinski definition) is 6. The third-order valence-electron chi connectivity index (χ3n) is 4.27. The lowest BCUT2D eigenvalue weighted by atomic mass is 10.2. The number of thioether (sulfide) groups is 1. The summed E-state index contributed by atoms with van der Waals surface area (Å²) in [6, 6.07) is 13.8. The first-order valence-electron chi connectivity index (χ1n) is 8.74. The van der Waals surface area contributed by atoms with E-state index in [0.717, 1.165) is 11.8 Å². The number of thiocarbonyl (C=S) groups is 1. The Morgan fingerprint density at radius 1 is 1.17 bits per heavy atom. The zero-order chi connectivity index (χ0) is 21.3. The molecule has 9 heteroatoms. The molecule has 0 bridgehead atoms. The number of anilines is 1. The molecule has 3 aromatic rings. The van der Waals surface area contributed by atoms with Crippen LogP contribution in [-0.2, 0) is 9.59 Å². The van der Waals surface area contributed by atoms with Crippen LogP contribution >= 0.6 is 24.0 Å². The summed E-state index contributed by atoms with van der Waals surface area (Å²) in [5.74, 6) is -1.36. The number of fused-ring (bicyclic) bond motifs is 1. The SMILES string of the molecule is O=C(CN1C(=O)C(=Cc2ccccc2F)SC1=S)Nc1ccc2oc(=O)ccc2c1. The molecule has 1 fully saturated rings. The van der Waals surface area contributed by atoms with Gasteiger partial charge in [0.1, 0.15) is 22.3 Å². The maximum Gasteiger partial charge on any atom is 0.336 e. The van der Waals surface area contributed by atoms with Gasteiger partial charge in [-0.3, -0.25) is 14.5 Å². The third-order valence-corrected chi connectivity index (χ3v) is 5.65. The number of benzene rings is 2. The highest BCUT2D eigenvalue weighted by molar-refractivity contribution is 8.26. The Morgan fingerprint density at radius 3 is 2.77 bits per heavy atom. The number of amides is 2. The average Bonchev–Trinajstić information content (AvgIpc) is 2.97. The molecule has 30 heavy (non-hydrogen) atoms. The molecule has 6 nitrogen and oxygen atoms in total. The number of carbonyl (C=O) groups excluding carboxylic acids is 2. The van der Waals surface area contributed by atoms with Gasteiger partial charge in [0.25, 0.3) is 5.91 Å². The highest BCUT2D eigenvalue weighted by Crippen LogP contribution is 2.32. The Bertz CT molecular complexity index is 1290. The largest absolute Gasteiger partial charge is 0.423 e. The van der Waals surface area contributed by atoms with Gasteiger partial charge in [-0.05, 0) is 36.4 Å². The van der Waals surface area contributed by atoms with E-state index < -0.39 is 23.3 Å². The van der Waals surface area contributed by atoms with Gasteiger partial charge in [-0.1, -0.05) is 42.2 Å². The highest BCUT2D eigenvalue weighted by Gasteiger charge is 2.33. The normalized spacial score (nSPS) is 15.2. The lowest BCUT2D eigenvalue weighted by Gasteiger charge is -2.14. The standard InChI is InChI=1S/C21H13FN2O4S2/c22-15-4-2-1-3-12(15)10-17-20(27)24(21(29)30-17)11-18(25)23-14-6-7-16-13(9-14)5-8-19(26)28-16/h1-10H,11H2,(H,23,25). The topological polar surface area (TPSA) is 79.6 Å². The van der Waals surface area contributed by atoms with Gasteiger partial charge < -0.3 is 9.73 Å². The van der Waals surface area contributed by atoms with Crippen LogP contribution in [0.4, 0.5) is 10.1 Å². The fraction of sp³-hybridized carbons (Fsp3) is 0.0476. The summed E-state index contributed by atoms with van der Waals surface area (Å²) in [6.07, 6.45) is 1.42. The van der Waals surface area contributed by atoms with Crippen LogP contribution in [0.1, 0.15) is 5.56 Å². The van der Waals surface area contributed by atoms with Gasteiger partial charge in [-0.15, -0.1) is 0 Å². The second-order valence-electron chi connectivity index (χ2n) is 6.34. The first-order valence-corrected chi connectivity index (χ1v) is 9.97. The van der Waals surface area contributed by atoms with Crippen molar-refractivity contribution in [3.05, 3.63) is 81.3 Å². The van der Waals surface area contributed by atoms with E-state index in [9.17, 15) is 18.8 Å². The summed E-state index contributed by atoms with van der Waals surface area (Å²) in [7, 11) is 0. The number of hydrogen-bond donors (Lipinski definition) is 1. The van der Waals surface area contributed by atoms with Crippen molar-refractivity contribution in [1.82, 2.24) is 4.90 Å². The van der Waals surface area contributed by atoms with Crippen LogP contribution in [0.25, 0.3) is 17.0 Å². The minimum atomic E-state index is -0.461. The smallest absolute Gasteiger partial charge is 0.336 e. The van der Waals surface area contributed by atoms with E-state index in [-0.39, 0.29) is 21.3 Å². The van der Waals surface area contributed by atoms with Crippen LogP contribution in [0.15, 0.2) is 68.7 Å². The number of nitrogens with one attached hydrogen (secondary N) is 1. The van der Waals surface area contributed by atoms with Crippen molar-refractivity contribution in [2.24, 2.45) is 0 Å². The van der Waals surface area contributed by atoms with Crippen molar-refractivity contribution in [2.45, 2.75) is 0 Å². The maximum absolute atomic E-state index is 13.9. The Morgan fingerprint density at radius 2 is 1.97 bits per heavy atom. The summed E-state index contributed by atoms with van der Waals surface area (Å²) in [5.41, 5.74) is 0.687. The molecule has 1 aliphatic rings. The van der Waals surface area contributed by atoms with E-state index in [1.807, 2.05) is 0 Å². The van der Waals surface area contributed by atoms with Crippen molar-refractivity contribution in [2.75, 3.05) is 11.9 Å². The minimum absolute atomic E-state index is 0.220. The fourth-order valence-electron chi connectivity index (χ4n) is 2.86. The van der Waals surface area contributed by atoms with Crippen molar-refractivity contribution in [1.29, 1.82) is 0 Å². The molecule has 0 unspecified atom stereocenters. The highest BCUT2D eigenvalue weighted by atomic mass is 32.2. The number of rotatable bonds is 4. The second-order valence-corrected chi connectivity index (χ2v) is 8.02. The van der Waals surface area contributed by atoms with E-state index in [4.69, 9.17) is 16.6 Å². The molecular weight excluding hydrogens is 427 g/mol. The molecule has 1 aromatic heterocycles. The van der Waals surface area contributed by atoms with Gasteiger partial charge in [-0.25, -0.2) is 9.18 Å². The van der Waals surface area contributed by atoms with E-state index >= 15 is 0 Å². The summed E-state index contributed by atoms with van der Waals surface area (Å²) < 4.78 is 19.1. The van der Waals surface area contributed by atoms with Crippen molar-refractivity contribution in [3.8, 4) is 0 Å². The number of nitrogens with zero attached hydrogens (tertiary/aromatic N) is 1. The molecule has 0 aliphatic carbocycles. The van der Waals surface area contributed by atoms with Crippen LogP contribution in [0.5, 0.6) is 0 Å². The first kappa shape index (κ1) is 20.0. The average molecular weight is 440 g/mol. The summed E-state index contributed by atoms with van der Waals surface area (Å²) in [6.45, 7) is -0.277. The van der Waals surface area contributed by atoms with E-state index in [1.54, 1.807) is 42.5 Å². The molecule has 150 valence electrons. The van der Waals surface area contributed by atoms with Gasteiger partial charge >= 0.3 is 5.63 Å². The molecule has 4 rings (SSSR count). The predicted molar refractivity (Wildman–Crippen MR) is 117 cm³/mol. The van der Waals surface area contributed by atoms with E-state index in [0.29, 0.717) is 16.7 Å². The van der Waals surface area contributed by atoms with Gasteiger partial charge in [0.15, 0.2) is 0 Å². The molecule has 2 amide bonds. The zero-order valence-corrected chi connectivity index (χ0v) is 16.9. The quantitative estimate of drug-likeness (QED) is 0.378. The fourth-order valence-corrected chi connectivity index (χ4v) is 4.11. The Kier molecular flexibility index (Phi) is 5.47. The molecule has 0 radical (unpaired) electrons. The van der Waals surface area contributed by atoms with Crippen LogP contribution in [0.3, 0.4) is 0 Å². The molecule has 2 aromatic carbocycles. The molecule has 0 atom stereocenters. The van der Waals surface area contributed by atoms with Crippen molar-refractivity contribution >= 4 is 62.8 Å². The van der Waals surface area contributed by atoms with E-state index in [2.05, 4.69) is 5.32 Å². The first-order chi connectivity index (χ1) is 14.4. The Balaban J connectivity index is 1.47. The Labute approximate surface area is 179 Å². The van der Waals surface area contributed by atoms with E-state index in [1.165, 1.54) is 23.1 Å². The molecule has 0 spiro atoms. The monoisotopic (exact) mass is 440 g/mol. The van der Waals surface area contributed by atoms with Gasteiger partial charge in [-0.2, -0.15) is 0 Å². The second kappa shape index (κ2) is 8.21. The van der Waals surface area contributed by atoms with Crippen LogP contribution in [0.2, 0.25) is 0 Å². The van der Waals surface area contributed by atoms with Gasteiger partial charge in [0.05, 0.1) is 4.91 Å². The molecule has 0 saturated carbocycles. The van der Waals surface area contributed by atoms with Crippen LogP contribution < -0.4 is 10.9 Å².